The number of carbonyl (C=O) groups is 2. The van der Waals surface area contributed by atoms with E-state index in [0.717, 1.165) is 22.0 Å². The first-order valence-electron chi connectivity index (χ1n) is 10.5. The van der Waals surface area contributed by atoms with E-state index < -0.39 is 6.04 Å². The second-order valence-electron chi connectivity index (χ2n) is 7.71. The van der Waals surface area contributed by atoms with Crippen molar-refractivity contribution in [2.24, 2.45) is 0 Å². The Labute approximate surface area is 191 Å². The van der Waals surface area contributed by atoms with Crippen LogP contribution < -0.4 is 5.73 Å². The molecule has 1 aliphatic heterocycles. The minimum Gasteiger partial charge on any atom is -0.383 e. The van der Waals surface area contributed by atoms with Gasteiger partial charge >= 0.3 is 0 Å². The molecule has 164 valence electrons. The first kappa shape index (κ1) is 21.8. The number of benzene rings is 2. The standard InChI is InChI=1S/C24H24ClN5O2/c1-2-21-24(32)29(14-17-5-9-19-20(13-17)27-15-28-23(19)26)11-12-30(21)22(31)10-6-16-3-7-18(25)8-4-16/h3-10,13,15,21H,2,11-12,14H2,1H3,(H2,26,27,28)/b10-6+. The van der Waals surface area contributed by atoms with Gasteiger partial charge in [0.2, 0.25) is 11.8 Å². The van der Waals surface area contributed by atoms with Gasteiger partial charge in [-0.3, -0.25) is 9.59 Å². The third-order valence-electron chi connectivity index (χ3n) is 5.65. The molecule has 4 rings (SSSR count). The van der Waals surface area contributed by atoms with Crippen LogP contribution in [0.15, 0.2) is 54.9 Å². The van der Waals surface area contributed by atoms with Crippen LogP contribution in [0.5, 0.6) is 0 Å². The van der Waals surface area contributed by atoms with Crippen molar-refractivity contribution in [1.82, 2.24) is 19.8 Å². The third-order valence-corrected chi connectivity index (χ3v) is 5.90. The SMILES string of the molecule is CCC1C(=O)N(Cc2ccc3c(N)ncnc3c2)CCN1C(=O)/C=C/c1ccc(Cl)cc1. The Hall–Kier alpha value is -3.45. The van der Waals surface area contributed by atoms with Gasteiger partial charge in [0.25, 0.3) is 0 Å². The molecule has 1 fully saturated rings. The number of anilines is 1. The molecule has 2 aromatic carbocycles. The van der Waals surface area contributed by atoms with Crippen LogP contribution >= 0.6 is 11.6 Å². The van der Waals surface area contributed by atoms with Gasteiger partial charge in [0.15, 0.2) is 0 Å². The van der Waals surface area contributed by atoms with Crippen LogP contribution in [0.4, 0.5) is 5.82 Å². The number of hydrogen-bond acceptors (Lipinski definition) is 5. The largest absolute Gasteiger partial charge is 0.383 e. The zero-order chi connectivity index (χ0) is 22.7. The van der Waals surface area contributed by atoms with Crippen molar-refractivity contribution in [3.63, 3.8) is 0 Å². The maximum atomic E-state index is 13.2. The normalized spacial score (nSPS) is 16.8. The quantitative estimate of drug-likeness (QED) is 0.601. The monoisotopic (exact) mass is 449 g/mol. The Balaban J connectivity index is 1.45. The Morgan fingerprint density at radius 2 is 1.97 bits per heavy atom. The number of carbonyl (C=O) groups excluding carboxylic acids is 2. The first-order valence-corrected chi connectivity index (χ1v) is 10.9. The minimum atomic E-state index is -0.482. The molecule has 1 atom stereocenters. The lowest BCUT2D eigenvalue weighted by molar-refractivity contribution is -0.149. The van der Waals surface area contributed by atoms with E-state index in [9.17, 15) is 9.59 Å². The maximum absolute atomic E-state index is 13.2. The summed E-state index contributed by atoms with van der Waals surface area (Å²) in [7, 11) is 0. The fraction of sp³-hybridized carbons (Fsp3) is 0.250. The predicted octanol–water partition coefficient (Wildman–Crippen LogP) is 3.53. The van der Waals surface area contributed by atoms with Gasteiger partial charge in [0.1, 0.15) is 18.2 Å². The molecular weight excluding hydrogens is 426 g/mol. The lowest BCUT2D eigenvalue weighted by Gasteiger charge is -2.40. The summed E-state index contributed by atoms with van der Waals surface area (Å²) >= 11 is 5.90. The van der Waals surface area contributed by atoms with Crippen LogP contribution in [0.3, 0.4) is 0 Å². The van der Waals surface area contributed by atoms with Gasteiger partial charge in [0, 0.05) is 36.1 Å². The number of nitrogens with two attached hydrogens (primary N) is 1. The van der Waals surface area contributed by atoms with Crippen LogP contribution in [0.25, 0.3) is 17.0 Å². The molecule has 0 aliphatic carbocycles. The summed E-state index contributed by atoms with van der Waals surface area (Å²) in [5.41, 5.74) is 8.48. The molecule has 32 heavy (non-hydrogen) atoms. The minimum absolute atomic E-state index is 0.0470. The second-order valence-corrected chi connectivity index (χ2v) is 8.15. The average Bonchev–Trinajstić information content (AvgIpc) is 2.80. The number of nitrogen functional groups attached to an aromatic ring is 1. The van der Waals surface area contributed by atoms with E-state index in [-0.39, 0.29) is 11.8 Å². The van der Waals surface area contributed by atoms with Crippen LogP contribution in [0, 0.1) is 0 Å². The first-order chi connectivity index (χ1) is 15.5. The second kappa shape index (κ2) is 9.36. The van der Waals surface area contributed by atoms with Gasteiger partial charge in [-0.25, -0.2) is 9.97 Å². The summed E-state index contributed by atoms with van der Waals surface area (Å²) in [4.78, 5) is 37.7. The predicted molar refractivity (Wildman–Crippen MR) is 126 cm³/mol. The van der Waals surface area contributed by atoms with Gasteiger partial charge in [-0.15, -0.1) is 0 Å². The van der Waals surface area contributed by atoms with Gasteiger partial charge in [-0.05, 0) is 47.9 Å². The molecule has 2 heterocycles. The molecule has 2 amide bonds. The highest BCUT2D eigenvalue weighted by atomic mass is 35.5. The molecular formula is C24H24ClN5O2. The number of piperazine rings is 1. The van der Waals surface area contributed by atoms with Crippen molar-refractivity contribution in [3.8, 4) is 0 Å². The number of fused-ring (bicyclic) bond motifs is 1. The van der Waals surface area contributed by atoms with E-state index in [2.05, 4.69) is 9.97 Å². The zero-order valence-corrected chi connectivity index (χ0v) is 18.5. The molecule has 2 N–H and O–H groups in total. The van der Waals surface area contributed by atoms with E-state index in [0.29, 0.717) is 36.9 Å². The fourth-order valence-corrected chi connectivity index (χ4v) is 4.06. The molecule has 0 spiro atoms. The molecule has 0 saturated carbocycles. The molecule has 0 radical (unpaired) electrons. The van der Waals surface area contributed by atoms with E-state index >= 15 is 0 Å². The highest BCUT2D eigenvalue weighted by Crippen LogP contribution is 2.22. The summed E-state index contributed by atoms with van der Waals surface area (Å²) in [6.45, 7) is 3.33. The van der Waals surface area contributed by atoms with Crippen molar-refractivity contribution >= 4 is 46.2 Å². The lowest BCUT2D eigenvalue weighted by atomic mass is 10.1. The summed E-state index contributed by atoms with van der Waals surface area (Å²) < 4.78 is 0. The molecule has 1 aromatic heterocycles. The smallest absolute Gasteiger partial charge is 0.247 e. The third kappa shape index (κ3) is 4.57. The Morgan fingerprint density at radius 1 is 1.19 bits per heavy atom. The van der Waals surface area contributed by atoms with Crippen molar-refractivity contribution in [1.29, 1.82) is 0 Å². The molecule has 7 nitrogen and oxygen atoms in total. The molecule has 0 bridgehead atoms. The zero-order valence-electron chi connectivity index (χ0n) is 17.7. The van der Waals surface area contributed by atoms with Crippen molar-refractivity contribution < 1.29 is 9.59 Å². The maximum Gasteiger partial charge on any atom is 0.247 e. The Morgan fingerprint density at radius 3 is 2.72 bits per heavy atom. The van der Waals surface area contributed by atoms with Gasteiger partial charge < -0.3 is 15.5 Å². The van der Waals surface area contributed by atoms with Gasteiger partial charge in [-0.1, -0.05) is 36.7 Å². The summed E-state index contributed by atoms with van der Waals surface area (Å²) in [5.74, 6) is 0.217. The number of halogens is 1. The van der Waals surface area contributed by atoms with Crippen molar-refractivity contribution in [2.45, 2.75) is 25.9 Å². The molecule has 1 unspecified atom stereocenters. The Kier molecular flexibility index (Phi) is 6.37. The highest BCUT2D eigenvalue weighted by Gasteiger charge is 2.35. The van der Waals surface area contributed by atoms with Gasteiger partial charge in [-0.2, -0.15) is 0 Å². The average molecular weight is 450 g/mol. The van der Waals surface area contributed by atoms with E-state index in [4.69, 9.17) is 17.3 Å². The Bertz CT molecular complexity index is 1180. The number of hydrogen-bond donors (Lipinski definition) is 1. The number of aromatic nitrogens is 2. The summed E-state index contributed by atoms with van der Waals surface area (Å²) in [6, 6.07) is 12.5. The number of rotatable bonds is 5. The highest BCUT2D eigenvalue weighted by molar-refractivity contribution is 6.30. The van der Waals surface area contributed by atoms with Crippen LogP contribution in [-0.4, -0.2) is 50.7 Å². The number of amides is 2. The van der Waals surface area contributed by atoms with E-state index in [1.54, 1.807) is 28.0 Å². The van der Waals surface area contributed by atoms with Crippen molar-refractivity contribution in [3.05, 3.63) is 71.0 Å². The lowest BCUT2D eigenvalue weighted by Crippen LogP contribution is -2.57. The van der Waals surface area contributed by atoms with Crippen molar-refractivity contribution in [2.75, 3.05) is 18.8 Å². The van der Waals surface area contributed by atoms with E-state index in [1.807, 2.05) is 37.3 Å². The van der Waals surface area contributed by atoms with Crippen LogP contribution in [-0.2, 0) is 16.1 Å². The molecule has 8 heteroatoms. The molecule has 1 saturated heterocycles. The van der Waals surface area contributed by atoms with Crippen LogP contribution in [0.2, 0.25) is 5.02 Å². The van der Waals surface area contributed by atoms with E-state index in [1.165, 1.54) is 12.4 Å². The molecule has 1 aliphatic rings. The number of nitrogens with zero attached hydrogens (tertiary/aromatic N) is 4. The topological polar surface area (TPSA) is 92.4 Å². The summed E-state index contributed by atoms with van der Waals surface area (Å²) in [5, 5.41) is 1.43. The molecule has 3 aromatic rings. The van der Waals surface area contributed by atoms with Crippen LogP contribution in [0.1, 0.15) is 24.5 Å². The van der Waals surface area contributed by atoms with Gasteiger partial charge in [0.05, 0.1) is 5.52 Å². The summed E-state index contributed by atoms with van der Waals surface area (Å²) in [6.07, 6.45) is 5.24. The fourth-order valence-electron chi connectivity index (χ4n) is 3.93.